The molecule has 0 aliphatic carbocycles. The van der Waals surface area contributed by atoms with Gasteiger partial charge in [-0.05, 0) is 44.9 Å². The van der Waals surface area contributed by atoms with Crippen LogP contribution < -0.4 is 4.74 Å². The van der Waals surface area contributed by atoms with E-state index in [1.54, 1.807) is 23.5 Å². The Balaban J connectivity index is 3.28. The maximum atomic E-state index is 13.5. The van der Waals surface area contributed by atoms with Gasteiger partial charge in [-0.3, -0.25) is 0 Å². The molecule has 0 spiro atoms. The number of nitrogens with zero attached hydrogens (tertiary/aromatic N) is 1. The molecule has 0 fully saturated rings. The number of benzene rings is 1. The van der Waals surface area contributed by atoms with E-state index in [1.165, 1.54) is 6.07 Å². The van der Waals surface area contributed by atoms with Crippen molar-refractivity contribution in [2.75, 3.05) is 20.3 Å². The molecule has 2 unspecified atom stereocenters. The molecule has 0 radical (unpaired) electrons. The standard InChI is InChI=1S/C20H34ClNO4S/c1-6-8-10-16(3)22(13-9-7-2)27(23,24)20-14-18(21)11-12-19(20)26-17(4)15-25-5/h11-12,14,16-17H,6-10,13,15H2,1-5H3. The van der Waals surface area contributed by atoms with Crippen molar-refractivity contribution in [1.29, 1.82) is 0 Å². The zero-order valence-corrected chi connectivity index (χ0v) is 18.8. The summed E-state index contributed by atoms with van der Waals surface area (Å²) in [5, 5.41) is 0.372. The molecule has 0 amide bonds. The van der Waals surface area contributed by atoms with Gasteiger partial charge in [-0.25, -0.2) is 8.42 Å². The second-order valence-corrected chi connectivity index (χ2v) is 9.23. The van der Waals surface area contributed by atoms with Crippen molar-refractivity contribution in [2.24, 2.45) is 0 Å². The van der Waals surface area contributed by atoms with Crippen molar-refractivity contribution in [1.82, 2.24) is 4.31 Å². The van der Waals surface area contributed by atoms with Crippen molar-refractivity contribution < 1.29 is 17.9 Å². The molecule has 5 nitrogen and oxygen atoms in total. The number of methoxy groups -OCH3 is 1. The quantitative estimate of drug-likeness (QED) is 0.445. The minimum absolute atomic E-state index is 0.0790. The average molecular weight is 420 g/mol. The Morgan fingerprint density at radius 1 is 1.15 bits per heavy atom. The molecule has 0 aliphatic heterocycles. The molecule has 1 aromatic carbocycles. The van der Waals surface area contributed by atoms with Gasteiger partial charge in [-0.1, -0.05) is 44.7 Å². The lowest BCUT2D eigenvalue weighted by molar-refractivity contribution is 0.0900. The molecule has 0 saturated carbocycles. The summed E-state index contributed by atoms with van der Waals surface area (Å²) >= 11 is 6.13. The Kier molecular flexibility index (Phi) is 10.7. The van der Waals surface area contributed by atoms with Crippen LogP contribution >= 0.6 is 11.6 Å². The number of sulfonamides is 1. The summed E-state index contributed by atoms with van der Waals surface area (Å²) < 4.78 is 39.6. The molecule has 0 aromatic heterocycles. The number of rotatable bonds is 13. The minimum Gasteiger partial charge on any atom is -0.487 e. The van der Waals surface area contributed by atoms with E-state index in [4.69, 9.17) is 21.1 Å². The maximum absolute atomic E-state index is 13.5. The predicted molar refractivity (Wildman–Crippen MR) is 111 cm³/mol. The summed E-state index contributed by atoms with van der Waals surface area (Å²) in [6.07, 6.45) is 4.32. The average Bonchev–Trinajstić information content (AvgIpc) is 2.61. The van der Waals surface area contributed by atoms with Crippen molar-refractivity contribution in [2.45, 2.75) is 76.8 Å². The monoisotopic (exact) mass is 419 g/mol. The second-order valence-electron chi connectivity index (χ2n) is 6.94. The summed E-state index contributed by atoms with van der Waals surface area (Å²) in [7, 11) is -2.15. The lowest BCUT2D eigenvalue weighted by atomic mass is 10.1. The van der Waals surface area contributed by atoms with Crippen LogP contribution in [0.1, 0.15) is 59.8 Å². The first-order valence-corrected chi connectivity index (χ1v) is 11.6. The fourth-order valence-electron chi connectivity index (χ4n) is 2.93. The minimum atomic E-state index is -3.73. The van der Waals surface area contributed by atoms with Crippen LogP contribution in [0.2, 0.25) is 5.02 Å². The van der Waals surface area contributed by atoms with Gasteiger partial charge >= 0.3 is 0 Å². The molecular weight excluding hydrogens is 386 g/mol. The van der Waals surface area contributed by atoms with E-state index in [9.17, 15) is 8.42 Å². The Labute approximate surface area is 170 Å². The predicted octanol–water partition coefficient (Wildman–Crippen LogP) is 5.12. The molecule has 27 heavy (non-hydrogen) atoms. The highest BCUT2D eigenvalue weighted by Gasteiger charge is 2.31. The Morgan fingerprint density at radius 3 is 2.41 bits per heavy atom. The number of ether oxygens (including phenoxy) is 2. The SMILES string of the molecule is CCCCC(C)N(CCCC)S(=O)(=O)c1cc(Cl)ccc1OC(C)COC. The van der Waals surface area contributed by atoms with E-state index in [2.05, 4.69) is 13.8 Å². The number of hydrogen-bond acceptors (Lipinski definition) is 4. The van der Waals surface area contributed by atoms with Gasteiger partial charge in [0.2, 0.25) is 10.0 Å². The first-order valence-electron chi connectivity index (χ1n) is 9.74. The van der Waals surface area contributed by atoms with Crippen LogP contribution in [0.4, 0.5) is 0 Å². The van der Waals surface area contributed by atoms with Crippen LogP contribution in [0.25, 0.3) is 0 Å². The normalized spacial score (nSPS) is 14.3. The fraction of sp³-hybridized carbons (Fsp3) is 0.700. The highest BCUT2D eigenvalue weighted by Crippen LogP contribution is 2.32. The summed E-state index contributed by atoms with van der Waals surface area (Å²) in [6.45, 7) is 8.84. The molecule has 0 saturated heterocycles. The van der Waals surface area contributed by atoms with Gasteiger partial charge in [-0.2, -0.15) is 4.31 Å². The zero-order chi connectivity index (χ0) is 20.4. The van der Waals surface area contributed by atoms with E-state index in [-0.39, 0.29) is 17.0 Å². The van der Waals surface area contributed by atoms with Gasteiger partial charge in [0.05, 0.1) is 6.61 Å². The van der Waals surface area contributed by atoms with E-state index in [0.717, 1.165) is 32.1 Å². The molecule has 156 valence electrons. The lowest BCUT2D eigenvalue weighted by Gasteiger charge is -2.29. The van der Waals surface area contributed by atoms with Crippen LogP contribution in [0.15, 0.2) is 23.1 Å². The van der Waals surface area contributed by atoms with Gasteiger partial charge in [0.15, 0.2) is 0 Å². The first kappa shape index (κ1) is 24.2. The van der Waals surface area contributed by atoms with Gasteiger partial charge in [0.25, 0.3) is 0 Å². The van der Waals surface area contributed by atoms with Crippen LogP contribution in [0.3, 0.4) is 0 Å². The lowest BCUT2D eigenvalue weighted by Crippen LogP contribution is -2.39. The van der Waals surface area contributed by atoms with Gasteiger partial charge in [0.1, 0.15) is 16.7 Å². The summed E-state index contributed by atoms with van der Waals surface area (Å²) in [5.74, 6) is 0.313. The van der Waals surface area contributed by atoms with Gasteiger partial charge in [0, 0.05) is 24.7 Å². The number of unbranched alkanes of at least 4 members (excludes halogenated alkanes) is 2. The van der Waals surface area contributed by atoms with Crippen LogP contribution in [0, 0.1) is 0 Å². The Hall–Kier alpha value is -0.820. The van der Waals surface area contributed by atoms with Crippen molar-refractivity contribution in [3.05, 3.63) is 23.2 Å². The Morgan fingerprint density at radius 2 is 1.81 bits per heavy atom. The molecule has 0 N–H and O–H groups in total. The highest BCUT2D eigenvalue weighted by molar-refractivity contribution is 7.89. The largest absolute Gasteiger partial charge is 0.487 e. The van der Waals surface area contributed by atoms with Gasteiger partial charge < -0.3 is 9.47 Å². The van der Waals surface area contributed by atoms with E-state index in [0.29, 0.717) is 23.9 Å². The molecule has 0 heterocycles. The van der Waals surface area contributed by atoms with Gasteiger partial charge in [-0.15, -0.1) is 0 Å². The van der Waals surface area contributed by atoms with Crippen molar-refractivity contribution in [3.63, 3.8) is 0 Å². The smallest absolute Gasteiger partial charge is 0.247 e. The fourth-order valence-corrected chi connectivity index (χ4v) is 5.01. The molecule has 0 bridgehead atoms. The van der Waals surface area contributed by atoms with Crippen molar-refractivity contribution in [3.8, 4) is 5.75 Å². The van der Waals surface area contributed by atoms with E-state index < -0.39 is 10.0 Å². The topological polar surface area (TPSA) is 55.8 Å². The van der Waals surface area contributed by atoms with Crippen LogP contribution in [-0.4, -0.2) is 45.1 Å². The molecular formula is C20H34ClNO4S. The third kappa shape index (κ3) is 7.26. The Bertz CT molecular complexity index is 666. The number of hydrogen-bond donors (Lipinski definition) is 0. The second kappa shape index (κ2) is 11.9. The summed E-state index contributed by atoms with van der Waals surface area (Å²) in [4.78, 5) is 0.123. The van der Waals surface area contributed by atoms with Crippen LogP contribution in [-0.2, 0) is 14.8 Å². The molecule has 1 aromatic rings. The zero-order valence-electron chi connectivity index (χ0n) is 17.2. The molecule has 7 heteroatoms. The third-order valence-corrected chi connectivity index (χ3v) is 6.69. The van der Waals surface area contributed by atoms with E-state index in [1.807, 2.05) is 13.8 Å². The summed E-state index contributed by atoms with van der Waals surface area (Å²) in [5.41, 5.74) is 0. The molecule has 2 atom stereocenters. The third-order valence-electron chi connectivity index (χ3n) is 4.42. The first-order chi connectivity index (χ1) is 12.8. The summed E-state index contributed by atoms with van der Waals surface area (Å²) in [6, 6.07) is 4.67. The number of halogens is 1. The van der Waals surface area contributed by atoms with Crippen LogP contribution in [0.5, 0.6) is 5.75 Å². The maximum Gasteiger partial charge on any atom is 0.247 e. The van der Waals surface area contributed by atoms with Crippen molar-refractivity contribution >= 4 is 21.6 Å². The highest BCUT2D eigenvalue weighted by atomic mass is 35.5. The van der Waals surface area contributed by atoms with E-state index >= 15 is 0 Å². The molecule has 0 aliphatic rings. The molecule has 1 rings (SSSR count).